The Morgan fingerprint density at radius 1 is 1.14 bits per heavy atom. The Morgan fingerprint density at radius 3 is 2.38 bits per heavy atom. The van der Waals surface area contributed by atoms with E-state index in [0.29, 0.717) is 11.3 Å². The average Bonchev–Trinajstić information content (AvgIpc) is 2.43. The minimum absolute atomic E-state index is 0.182. The molecule has 3 N–H and O–H groups in total. The summed E-state index contributed by atoms with van der Waals surface area (Å²) < 4.78 is 0.895. The zero-order valence-corrected chi connectivity index (χ0v) is 13.1. The topological polar surface area (TPSA) is 72.2 Å². The molecule has 0 saturated heterocycles. The predicted molar refractivity (Wildman–Crippen MR) is 86.2 cm³/mol. The van der Waals surface area contributed by atoms with Crippen LogP contribution in [0, 0.1) is 6.92 Å². The first-order chi connectivity index (χ1) is 9.95. The molecule has 21 heavy (non-hydrogen) atoms. The Bertz CT molecular complexity index is 681. The third kappa shape index (κ3) is 4.16. The van der Waals surface area contributed by atoms with Crippen molar-refractivity contribution in [3.8, 4) is 0 Å². The molecule has 2 aromatic rings. The van der Waals surface area contributed by atoms with Crippen molar-refractivity contribution < 1.29 is 9.59 Å². The van der Waals surface area contributed by atoms with E-state index in [1.165, 1.54) is 0 Å². The number of carbonyl (C=O) groups is 2. The molecule has 0 unspecified atom stereocenters. The van der Waals surface area contributed by atoms with Crippen molar-refractivity contribution in [3.63, 3.8) is 0 Å². The maximum Gasteiger partial charge on any atom is 0.255 e. The van der Waals surface area contributed by atoms with Crippen molar-refractivity contribution in [3.05, 3.63) is 63.6 Å². The van der Waals surface area contributed by atoms with Crippen molar-refractivity contribution in [2.75, 3.05) is 5.32 Å². The maximum atomic E-state index is 12.1. The molecule has 2 aromatic carbocycles. The molecule has 0 atom stereocenters. The summed E-state index contributed by atoms with van der Waals surface area (Å²) in [5.41, 5.74) is 8.27. The minimum Gasteiger partial charge on any atom is -0.369 e. The van der Waals surface area contributed by atoms with Crippen molar-refractivity contribution in [1.29, 1.82) is 0 Å². The first-order valence-electron chi connectivity index (χ1n) is 6.40. The maximum absolute atomic E-state index is 12.1. The lowest BCUT2D eigenvalue weighted by molar-refractivity contribution is -0.117. The largest absolute Gasteiger partial charge is 0.369 e. The highest BCUT2D eigenvalue weighted by molar-refractivity contribution is 9.10. The van der Waals surface area contributed by atoms with E-state index in [0.717, 1.165) is 15.6 Å². The molecule has 0 heterocycles. The fraction of sp³-hybridized carbons (Fsp3) is 0.125. The van der Waals surface area contributed by atoms with Crippen LogP contribution in [0.1, 0.15) is 21.5 Å². The van der Waals surface area contributed by atoms with Gasteiger partial charge in [-0.05, 0) is 42.3 Å². The number of anilines is 1. The van der Waals surface area contributed by atoms with Crippen LogP contribution in [0.5, 0.6) is 0 Å². The second kappa shape index (κ2) is 6.54. The van der Waals surface area contributed by atoms with Gasteiger partial charge in [0.15, 0.2) is 0 Å². The van der Waals surface area contributed by atoms with Gasteiger partial charge in [-0.2, -0.15) is 0 Å². The fourth-order valence-corrected chi connectivity index (χ4v) is 2.22. The molecule has 0 aliphatic carbocycles. The average molecular weight is 347 g/mol. The highest BCUT2D eigenvalue weighted by atomic mass is 79.9. The summed E-state index contributed by atoms with van der Waals surface area (Å²) in [4.78, 5) is 23.0. The van der Waals surface area contributed by atoms with Crippen LogP contribution in [-0.2, 0) is 11.2 Å². The standard InChI is InChI=1S/C16H15BrN2O2/c1-10-2-5-12(9-14(10)17)16(21)19-13-6-3-11(4-7-13)8-15(18)20/h2-7,9H,8H2,1H3,(H2,18,20)(H,19,21). The van der Waals surface area contributed by atoms with Crippen molar-refractivity contribution in [2.45, 2.75) is 13.3 Å². The van der Waals surface area contributed by atoms with Gasteiger partial charge in [0.1, 0.15) is 0 Å². The molecular formula is C16H15BrN2O2. The molecule has 0 aromatic heterocycles. The Labute approximate surface area is 131 Å². The van der Waals surface area contributed by atoms with Gasteiger partial charge in [-0.25, -0.2) is 0 Å². The zero-order valence-electron chi connectivity index (χ0n) is 11.5. The number of hydrogen-bond acceptors (Lipinski definition) is 2. The molecule has 2 amide bonds. The number of carbonyl (C=O) groups excluding carboxylic acids is 2. The molecule has 0 radical (unpaired) electrons. The van der Waals surface area contributed by atoms with Crippen LogP contribution in [0.4, 0.5) is 5.69 Å². The third-order valence-electron chi connectivity index (χ3n) is 3.02. The number of nitrogens with one attached hydrogen (secondary N) is 1. The van der Waals surface area contributed by atoms with Crippen LogP contribution in [-0.4, -0.2) is 11.8 Å². The van der Waals surface area contributed by atoms with E-state index < -0.39 is 0 Å². The van der Waals surface area contributed by atoms with Crippen LogP contribution in [0.3, 0.4) is 0 Å². The molecule has 0 bridgehead atoms. The molecule has 108 valence electrons. The summed E-state index contributed by atoms with van der Waals surface area (Å²) in [7, 11) is 0. The van der Waals surface area contributed by atoms with Crippen LogP contribution in [0.15, 0.2) is 46.9 Å². The van der Waals surface area contributed by atoms with E-state index in [2.05, 4.69) is 21.2 Å². The van der Waals surface area contributed by atoms with Crippen LogP contribution in [0.2, 0.25) is 0 Å². The molecule has 0 fully saturated rings. The van der Waals surface area contributed by atoms with E-state index in [-0.39, 0.29) is 18.2 Å². The summed E-state index contributed by atoms with van der Waals surface area (Å²) >= 11 is 3.41. The van der Waals surface area contributed by atoms with E-state index in [1.54, 1.807) is 36.4 Å². The molecule has 5 heteroatoms. The number of primary amides is 1. The smallest absolute Gasteiger partial charge is 0.255 e. The molecule has 0 aliphatic heterocycles. The number of hydrogen-bond donors (Lipinski definition) is 2. The van der Waals surface area contributed by atoms with Gasteiger partial charge in [0.2, 0.25) is 5.91 Å². The fourth-order valence-electron chi connectivity index (χ4n) is 1.84. The summed E-state index contributed by atoms with van der Waals surface area (Å²) in [6.07, 6.45) is 0.194. The van der Waals surface area contributed by atoms with Gasteiger partial charge in [0.05, 0.1) is 6.42 Å². The summed E-state index contributed by atoms with van der Waals surface area (Å²) in [6, 6.07) is 12.5. The summed E-state index contributed by atoms with van der Waals surface area (Å²) in [6.45, 7) is 1.96. The first-order valence-corrected chi connectivity index (χ1v) is 7.20. The van der Waals surface area contributed by atoms with E-state index in [1.807, 2.05) is 13.0 Å². The van der Waals surface area contributed by atoms with E-state index in [9.17, 15) is 9.59 Å². The summed E-state index contributed by atoms with van der Waals surface area (Å²) in [5, 5.41) is 2.81. The van der Waals surface area contributed by atoms with Gasteiger partial charge in [0, 0.05) is 15.7 Å². The van der Waals surface area contributed by atoms with Gasteiger partial charge in [0.25, 0.3) is 5.91 Å². The molecule has 0 saturated carbocycles. The van der Waals surface area contributed by atoms with Crippen LogP contribution >= 0.6 is 15.9 Å². The first kappa shape index (κ1) is 15.3. The van der Waals surface area contributed by atoms with Crippen molar-refractivity contribution in [2.24, 2.45) is 5.73 Å². The predicted octanol–water partition coefficient (Wildman–Crippen LogP) is 3.04. The Hall–Kier alpha value is -2.14. The van der Waals surface area contributed by atoms with Crippen molar-refractivity contribution in [1.82, 2.24) is 0 Å². The quantitative estimate of drug-likeness (QED) is 0.892. The molecule has 0 spiro atoms. The number of amides is 2. The number of benzene rings is 2. The molecule has 0 aliphatic rings. The van der Waals surface area contributed by atoms with Crippen LogP contribution < -0.4 is 11.1 Å². The lowest BCUT2D eigenvalue weighted by Gasteiger charge is -2.07. The van der Waals surface area contributed by atoms with Gasteiger partial charge in [-0.3, -0.25) is 9.59 Å². The second-order valence-corrected chi connectivity index (χ2v) is 5.61. The van der Waals surface area contributed by atoms with Gasteiger partial charge in [-0.15, -0.1) is 0 Å². The van der Waals surface area contributed by atoms with Gasteiger partial charge < -0.3 is 11.1 Å². The Kier molecular flexibility index (Phi) is 4.75. The highest BCUT2D eigenvalue weighted by Crippen LogP contribution is 2.19. The Morgan fingerprint density at radius 2 is 1.81 bits per heavy atom. The van der Waals surface area contributed by atoms with Crippen LogP contribution in [0.25, 0.3) is 0 Å². The number of halogens is 1. The molecular weight excluding hydrogens is 332 g/mol. The lowest BCUT2D eigenvalue weighted by atomic mass is 10.1. The zero-order chi connectivity index (χ0) is 15.4. The van der Waals surface area contributed by atoms with Gasteiger partial charge in [-0.1, -0.05) is 34.1 Å². The third-order valence-corrected chi connectivity index (χ3v) is 3.88. The van der Waals surface area contributed by atoms with E-state index >= 15 is 0 Å². The monoisotopic (exact) mass is 346 g/mol. The van der Waals surface area contributed by atoms with Gasteiger partial charge >= 0.3 is 0 Å². The molecule has 2 rings (SSSR count). The normalized spacial score (nSPS) is 10.2. The number of rotatable bonds is 4. The molecule has 4 nitrogen and oxygen atoms in total. The Balaban J connectivity index is 2.08. The highest BCUT2D eigenvalue weighted by Gasteiger charge is 2.08. The second-order valence-electron chi connectivity index (χ2n) is 4.76. The minimum atomic E-state index is -0.378. The van der Waals surface area contributed by atoms with Crippen molar-refractivity contribution >= 4 is 33.4 Å². The number of aryl methyl sites for hydroxylation is 1. The van der Waals surface area contributed by atoms with E-state index in [4.69, 9.17) is 5.73 Å². The lowest BCUT2D eigenvalue weighted by Crippen LogP contribution is -2.14. The SMILES string of the molecule is Cc1ccc(C(=O)Nc2ccc(CC(N)=O)cc2)cc1Br. The number of nitrogens with two attached hydrogens (primary N) is 1. The summed E-state index contributed by atoms with van der Waals surface area (Å²) in [5.74, 6) is -0.561.